The second-order valence-corrected chi connectivity index (χ2v) is 13.6. The van der Waals surface area contributed by atoms with Gasteiger partial charge in [0.25, 0.3) is 0 Å². The third kappa shape index (κ3) is 5.45. The van der Waals surface area contributed by atoms with Crippen molar-refractivity contribution in [3.63, 3.8) is 0 Å². The van der Waals surface area contributed by atoms with Gasteiger partial charge in [-0.1, -0.05) is 53.1 Å². The summed E-state index contributed by atoms with van der Waals surface area (Å²) in [5, 5.41) is 1.01. The number of halogens is 1. The van der Waals surface area contributed by atoms with Crippen molar-refractivity contribution in [3.8, 4) is 11.4 Å². The fourth-order valence-electron chi connectivity index (χ4n) is 4.57. The summed E-state index contributed by atoms with van der Waals surface area (Å²) in [5.74, 6) is 1.13. The average molecular weight is 552 g/mol. The molecule has 0 atom stereocenters. The van der Waals surface area contributed by atoms with Crippen LogP contribution in [0.5, 0.6) is 0 Å². The lowest BCUT2D eigenvalue weighted by molar-refractivity contribution is -0.132. The maximum atomic E-state index is 13.0. The van der Waals surface area contributed by atoms with Crippen LogP contribution >= 0.6 is 22.9 Å². The first kappa shape index (κ1) is 26.7. The number of hydrogen-bond acceptors (Lipinski definition) is 7. The van der Waals surface area contributed by atoms with Crippen molar-refractivity contribution in [3.05, 3.63) is 51.6 Å². The molecule has 0 radical (unpaired) electrons. The minimum atomic E-state index is -0.195. The Bertz CT molecular complexity index is 1440. The molecule has 1 fully saturated rings. The summed E-state index contributed by atoms with van der Waals surface area (Å²) >= 11 is 8.28. The minimum Gasteiger partial charge on any atom is -0.341 e. The van der Waals surface area contributed by atoms with Crippen LogP contribution in [-0.4, -0.2) is 53.4 Å². The van der Waals surface area contributed by atoms with Crippen molar-refractivity contribution >= 4 is 40.0 Å². The number of carbonyl (C=O) groups excluding carboxylic acids is 1. The number of piperidine rings is 1. The fraction of sp³-hybridized carbons (Fsp3) is 0.500. The summed E-state index contributed by atoms with van der Waals surface area (Å²) in [6.07, 6.45) is 5.11. The van der Waals surface area contributed by atoms with Gasteiger partial charge in [-0.05, 0) is 31.0 Å². The Balaban J connectivity index is 1.31. The highest BCUT2D eigenvalue weighted by Gasteiger charge is 2.29. The van der Waals surface area contributed by atoms with Gasteiger partial charge in [0.15, 0.2) is 5.65 Å². The monoisotopic (exact) mass is 551 g/mol. The van der Waals surface area contributed by atoms with Crippen molar-refractivity contribution in [1.29, 1.82) is 0 Å². The number of nitrogens with zero attached hydrogens (tertiary/aromatic N) is 7. The largest absolute Gasteiger partial charge is 0.341 e. The summed E-state index contributed by atoms with van der Waals surface area (Å²) < 4.78 is 2.46. The molecule has 10 heteroatoms. The maximum absolute atomic E-state index is 13.0. The normalized spacial score (nSPS) is 15.4. The molecular weight excluding hydrogens is 518 g/mol. The molecule has 0 N–H and O–H groups in total. The van der Waals surface area contributed by atoms with E-state index in [2.05, 4.69) is 51.5 Å². The summed E-state index contributed by atoms with van der Waals surface area (Å²) in [7, 11) is 0. The molecule has 0 saturated carbocycles. The van der Waals surface area contributed by atoms with Gasteiger partial charge in [0.2, 0.25) is 5.91 Å². The molecule has 1 aliphatic heterocycles. The molecule has 38 heavy (non-hydrogen) atoms. The molecule has 8 nitrogen and oxygen atoms in total. The molecule has 0 aromatic carbocycles. The van der Waals surface area contributed by atoms with E-state index >= 15 is 0 Å². The van der Waals surface area contributed by atoms with Gasteiger partial charge in [0, 0.05) is 36.0 Å². The van der Waals surface area contributed by atoms with Crippen LogP contribution in [0, 0.1) is 0 Å². The first-order chi connectivity index (χ1) is 17.9. The number of aromatic nitrogens is 6. The molecule has 200 valence electrons. The minimum absolute atomic E-state index is 0.0802. The summed E-state index contributed by atoms with van der Waals surface area (Å²) in [5.41, 5.74) is 3.68. The van der Waals surface area contributed by atoms with E-state index in [0.29, 0.717) is 17.4 Å². The van der Waals surface area contributed by atoms with E-state index in [4.69, 9.17) is 26.6 Å². The molecule has 0 spiro atoms. The van der Waals surface area contributed by atoms with Gasteiger partial charge in [-0.15, -0.1) is 11.3 Å². The van der Waals surface area contributed by atoms with E-state index in [1.807, 2.05) is 27.7 Å². The fourth-order valence-corrected chi connectivity index (χ4v) is 5.92. The number of thiazole rings is 1. The summed E-state index contributed by atoms with van der Waals surface area (Å²) in [4.78, 5) is 38.4. The van der Waals surface area contributed by atoms with Gasteiger partial charge in [-0.25, -0.2) is 24.9 Å². The van der Waals surface area contributed by atoms with Crippen LogP contribution in [-0.2, 0) is 22.2 Å². The number of imidazole rings is 1. The lowest BCUT2D eigenvalue weighted by atomic mass is 9.89. The molecule has 1 amide bonds. The lowest BCUT2D eigenvalue weighted by Crippen LogP contribution is -2.39. The van der Waals surface area contributed by atoms with Crippen molar-refractivity contribution in [1.82, 2.24) is 34.4 Å². The van der Waals surface area contributed by atoms with Gasteiger partial charge in [0.1, 0.15) is 27.9 Å². The van der Waals surface area contributed by atoms with E-state index < -0.39 is 0 Å². The predicted octanol–water partition coefficient (Wildman–Crippen LogP) is 6.00. The second kappa shape index (κ2) is 10.0. The van der Waals surface area contributed by atoms with Gasteiger partial charge in [-0.2, -0.15) is 0 Å². The Hall–Kier alpha value is -2.91. The number of pyridine rings is 1. The van der Waals surface area contributed by atoms with E-state index in [0.717, 1.165) is 51.9 Å². The molecule has 0 unspecified atom stereocenters. The van der Waals surface area contributed by atoms with Crippen molar-refractivity contribution in [2.24, 2.45) is 0 Å². The number of likely N-dealkylation sites (tertiary alicyclic amines) is 1. The summed E-state index contributed by atoms with van der Waals surface area (Å²) in [6, 6.07) is 5.77. The highest BCUT2D eigenvalue weighted by Crippen LogP contribution is 2.39. The zero-order valence-corrected chi connectivity index (χ0v) is 24.4. The Morgan fingerprint density at radius 2 is 1.79 bits per heavy atom. The zero-order chi connectivity index (χ0) is 27.2. The molecular formula is C28H34ClN7OS. The first-order valence-electron chi connectivity index (χ1n) is 13.0. The lowest BCUT2D eigenvalue weighted by Gasteiger charge is -2.31. The van der Waals surface area contributed by atoms with E-state index in [9.17, 15) is 4.79 Å². The molecule has 4 aromatic heterocycles. The summed E-state index contributed by atoms with van der Waals surface area (Å²) in [6.45, 7) is 14.4. The average Bonchev–Trinajstić information content (AvgIpc) is 3.46. The zero-order valence-electron chi connectivity index (χ0n) is 22.8. The van der Waals surface area contributed by atoms with E-state index in [1.165, 1.54) is 11.3 Å². The smallest absolute Gasteiger partial charge is 0.242 e. The van der Waals surface area contributed by atoms with E-state index in [-0.39, 0.29) is 29.2 Å². The molecule has 5 heterocycles. The quantitative estimate of drug-likeness (QED) is 0.309. The van der Waals surface area contributed by atoms with Gasteiger partial charge in [0.05, 0.1) is 22.7 Å². The number of carbonyl (C=O) groups is 1. The molecule has 0 bridgehead atoms. The number of rotatable bonds is 4. The van der Waals surface area contributed by atoms with Gasteiger partial charge in [-0.3, -0.25) is 4.79 Å². The standard InChI is InChI=1S/C28H34ClN7OS/c1-27(2,3)20-14-19(32-26(33-20)28(4,5)6)22-23(29)38-25(34-22)17-9-12-35(13-10-17)21(37)15-36-16-31-18-8-7-11-30-24(18)36/h7-8,11,14,16-17H,9-10,12-13,15H2,1-6H3. The Labute approximate surface area is 232 Å². The topological polar surface area (TPSA) is 89.7 Å². The van der Waals surface area contributed by atoms with Crippen LogP contribution in [0.1, 0.15) is 76.8 Å². The highest BCUT2D eigenvalue weighted by molar-refractivity contribution is 7.16. The number of amides is 1. The predicted molar refractivity (Wildman–Crippen MR) is 152 cm³/mol. The Morgan fingerprint density at radius 1 is 1.05 bits per heavy atom. The number of fused-ring (bicyclic) bond motifs is 1. The molecule has 4 aromatic rings. The van der Waals surface area contributed by atoms with Gasteiger partial charge < -0.3 is 9.47 Å². The third-order valence-electron chi connectivity index (χ3n) is 6.89. The van der Waals surface area contributed by atoms with Gasteiger partial charge >= 0.3 is 0 Å². The van der Waals surface area contributed by atoms with E-state index in [1.54, 1.807) is 12.5 Å². The van der Waals surface area contributed by atoms with Crippen LogP contribution < -0.4 is 0 Å². The van der Waals surface area contributed by atoms with Crippen LogP contribution in [0.25, 0.3) is 22.6 Å². The van der Waals surface area contributed by atoms with Crippen molar-refractivity contribution < 1.29 is 4.79 Å². The molecule has 5 rings (SSSR count). The van der Waals surface area contributed by atoms with Crippen molar-refractivity contribution in [2.45, 2.75) is 77.7 Å². The first-order valence-corrected chi connectivity index (χ1v) is 14.2. The third-order valence-corrected chi connectivity index (χ3v) is 8.30. The second-order valence-electron chi connectivity index (χ2n) is 12.0. The van der Waals surface area contributed by atoms with Crippen LogP contribution in [0.15, 0.2) is 30.7 Å². The SMILES string of the molecule is CC(C)(C)c1cc(-c2nc(C3CCN(C(=O)Cn4cnc5cccnc54)CC3)sc2Cl)nc(C(C)(C)C)n1. The Kier molecular flexibility index (Phi) is 7.02. The molecule has 0 aliphatic carbocycles. The van der Waals surface area contributed by atoms with Crippen LogP contribution in [0.3, 0.4) is 0 Å². The Morgan fingerprint density at radius 3 is 2.47 bits per heavy atom. The van der Waals surface area contributed by atoms with Crippen molar-refractivity contribution in [2.75, 3.05) is 13.1 Å². The van der Waals surface area contributed by atoms with Crippen LogP contribution in [0.2, 0.25) is 4.34 Å². The molecule has 1 aliphatic rings. The maximum Gasteiger partial charge on any atom is 0.242 e. The number of hydrogen-bond donors (Lipinski definition) is 0. The van der Waals surface area contributed by atoms with Crippen LogP contribution in [0.4, 0.5) is 0 Å². The molecule has 1 saturated heterocycles. The highest BCUT2D eigenvalue weighted by atomic mass is 35.5.